The largest absolute Gasteiger partial charge is 0.491 e. The first-order chi connectivity index (χ1) is 9.86. The van der Waals surface area contributed by atoms with Gasteiger partial charge in [0.25, 0.3) is 0 Å². The molecule has 0 radical (unpaired) electrons. The van der Waals surface area contributed by atoms with Crippen LogP contribution in [0.1, 0.15) is 24.2 Å². The normalized spacial score (nSPS) is 16.6. The molecule has 0 bridgehead atoms. The fourth-order valence-corrected chi connectivity index (χ4v) is 2.34. The molecule has 4 nitrogen and oxygen atoms in total. The monoisotopic (exact) mass is 270 g/mol. The van der Waals surface area contributed by atoms with Crippen LogP contribution in [0.3, 0.4) is 0 Å². The van der Waals surface area contributed by atoms with Crippen molar-refractivity contribution in [1.82, 2.24) is 10.3 Å². The molecule has 0 spiro atoms. The van der Waals surface area contributed by atoms with Crippen LogP contribution in [0.15, 0.2) is 42.6 Å². The lowest BCUT2D eigenvalue weighted by Crippen LogP contribution is -2.21. The summed E-state index contributed by atoms with van der Waals surface area (Å²) in [4.78, 5) is 4.24. The average molecular weight is 270 g/mol. The lowest BCUT2D eigenvalue weighted by atomic mass is 10.1. The van der Waals surface area contributed by atoms with Crippen molar-refractivity contribution in [2.24, 2.45) is 0 Å². The lowest BCUT2D eigenvalue weighted by Gasteiger charge is -2.10. The van der Waals surface area contributed by atoms with E-state index in [1.54, 1.807) is 6.20 Å². The molecular weight excluding hydrogens is 252 g/mol. The van der Waals surface area contributed by atoms with Crippen LogP contribution in [0.25, 0.3) is 0 Å². The van der Waals surface area contributed by atoms with Crippen LogP contribution in [0.5, 0.6) is 11.5 Å². The SMILES string of the molecule is CCNC1COc2cc(OCc3ccccn3)ccc21. The summed E-state index contributed by atoms with van der Waals surface area (Å²) in [6.45, 7) is 4.19. The summed E-state index contributed by atoms with van der Waals surface area (Å²) in [7, 11) is 0. The van der Waals surface area contributed by atoms with Crippen molar-refractivity contribution >= 4 is 0 Å². The van der Waals surface area contributed by atoms with E-state index in [4.69, 9.17) is 9.47 Å². The summed E-state index contributed by atoms with van der Waals surface area (Å²) >= 11 is 0. The van der Waals surface area contributed by atoms with Gasteiger partial charge in [0.2, 0.25) is 0 Å². The van der Waals surface area contributed by atoms with Gasteiger partial charge in [-0.3, -0.25) is 4.98 Å². The number of aromatic nitrogens is 1. The number of nitrogens with one attached hydrogen (secondary N) is 1. The van der Waals surface area contributed by atoms with Gasteiger partial charge in [-0.25, -0.2) is 0 Å². The predicted octanol–water partition coefficient (Wildman–Crippen LogP) is 2.70. The molecule has 1 aliphatic heterocycles. The third-order valence-electron chi connectivity index (χ3n) is 3.33. The number of ether oxygens (including phenoxy) is 2. The highest BCUT2D eigenvalue weighted by atomic mass is 16.5. The highest BCUT2D eigenvalue weighted by Gasteiger charge is 2.23. The molecule has 1 unspecified atom stereocenters. The number of benzene rings is 1. The zero-order chi connectivity index (χ0) is 13.8. The minimum Gasteiger partial charge on any atom is -0.491 e. The second-order valence-corrected chi connectivity index (χ2v) is 4.73. The fraction of sp³-hybridized carbons (Fsp3) is 0.312. The first-order valence-electron chi connectivity index (χ1n) is 6.89. The molecular formula is C16H18N2O2. The molecule has 1 N–H and O–H groups in total. The molecule has 3 rings (SSSR count). The predicted molar refractivity (Wildman–Crippen MR) is 76.9 cm³/mol. The van der Waals surface area contributed by atoms with Gasteiger partial charge in [-0.15, -0.1) is 0 Å². The minimum absolute atomic E-state index is 0.292. The molecule has 0 saturated carbocycles. The summed E-state index contributed by atoms with van der Waals surface area (Å²) in [5.74, 6) is 1.72. The maximum absolute atomic E-state index is 5.75. The topological polar surface area (TPSA) is 43.4 Å². The van der Waals surface area contributed by atoms with E-state index in [-0.39, 0.29) is 0 Å². The summed E-state index contributed by atoms with van der Waals surface area (Å²) in [5, 5.41) is 3.40. The quantitative estimate of drug-likeness (QED) is 0.907. The molecule has 2 heterocycles. The number of nitrogens with zero attached hydrogens (tertiary/aromatic N) is 1. The number of likely N-dealkylation sites (N-methyl/N-ethyl adjacent to an activating group) is 1. The second kappa shape index (κ2) is 5.92. The van der Waals surface area contributed by atoms with E-state index in [0.717, 1.165) is 23.7 Å². The van der Waals surface area contributed by atoms with Crippen LogP contribution in [0, 0.1) is 0 Å². The van der Waals surface area contributed by atoms with E-state index < -0.39 is 0 Å². The maximum Gasteiger partial charge on any atom is 0.130 e. The van der Waals surface area contributed by atoms with Crippen molar-refractivity contribution in [3.8, 4) is 11.5 Å². The van der Waals surface area contributed by atoms with E-state index in [2.05, 4.69) is 23.3 Å². The Bertz CT molecular complexity index is 572. The van der Waals surface area contributed by atoms with Crippen molar-refractivity contribution in [2.75, 3.05) is 13.2 Å². The van der Waals surface area contributed by atoms with Gasteiger partial charge in [0.1, 0.15) is 24.7 Å². The Morgan fingerprint density at radius 1 is 1.35 bits per heavy atom. The molecule has 1 aliphatic rings. The van der Waals surface area contributed by atoms with Gasteiger partial charge >= 0.3 is 0 Å². The highest BCUT2D eigenvalue weighted by Crippen LogP contribution is 2.35. The Hall–Kier alpha value is -2.07. The first-order valence-corrected chi connectivity index (χ1v) is 6.89. The third-order valence-corrected chi connectivity index (χ3v) is 3.33. The maximum atomic E-state index is 5.75. The van der Waals surface area contributed by atoms with Gasteiger partial charge < -0.3 is 14.8 Å². The number of fused-ring (bicyclic) bond motifs is 1. The van der Waals surface area contributed by atoms with Gasteiger partial charge in [-0.1, -0.05) is 13.0 Å². The number of hydrogen-bond donors (Lipinski definition) is 1. The highest BCUT2D eigenvalue weighted by molar-refractivity contribution is 5.45. The lowest BCUT2D eigenvalue weighted by molar-refractivity contribution is 0.294. The number of pyridine rings is 1. The standard InChI is InChI=1S/C16H18N2O2/c1-2-17-15-11-20-16-9-13(6-7-14(15)16)19-10-12-5-3-4-8-18-12/h3-9,15,17H,2,10-11H2,1H3. The molecule has 1 aromatic heterocycles. The first kappa shape index (κ1) is 12.9. The fourth-order valence-electron chi connectivity index (χ4n) is 2.34. The van der Waals surface area contributed by atoms with E-state index in [0.29, 0.717) is 19.3 Å². The van der Waals surface area contributed by atoms with Crippen molar-refractivity contribution in [3.05, 3.63) is 53.9 Å². The van der Waals surface area contributed by atoms with Gasteiger partial charge in [-0.05, 0) is 30.8 Å². The minimum atomic E-state index is 0.292. The van der Waals surface area contributed by atoms with Crippen molar-refractivity contribution < 1.29 is 9.47 Å². The third kappa shape index (κ3) is 2.75. The summed E-state index contributed by atoms with van der Waals surface area (Å²) in [5.41, 5.74) is 2.12. The van der Waals surface area contributed by atoms with Gasteiger partial charge in [0.15, 0.2) is 0 Å². The Morgan fingerprint density at radius 3 is 3.10 bits per heavy atom. The Balaban J connectivity index is 1.68. The Kier molecular flexibility index (Phi) is 3.83. The second-order valence-electron chi connectivity index (χ2n) is 4.73. The smallest absolute Gasteiger partial charge is 0.130 e. The molecule has 1 atom stereocenters. The van der Waals surface area contributed by atoms with Crippen LogP contribution >= 0.6 is 0 Å². The molecule has 20 heavy (non-hydrogen) atoms. The van der Waals surface area contributed by atoms with Crippen molar-refractivity contribution in [2.45, 2.75) is 19.6 Å². The molecule has 2 aromatic rings. The molecule has 0 amide bonds. The van der Waals surface area contributed by atoms with Crippen molar-refractivity contribution in [3.63, 3.8) is 0 Å². The van der Waals surface area contributed by atoms with Crippen LogP contribution in [0.2, 0.25) is 0 Å². The van der Waals surface area contributed by atoms with Gasteiger partial charge in [-0.2, -0.15) is 0 Å². The van der Waals surface area contributed by atoms with E-state index >= 15 is 0 Å². The Morgan fingerprint density at radius 2 is 2.30 bits per heavy atom. The molecule has 104 valence electrons. The number of hydrogen-bond acceptors (Lipinski definition) is 4. The summed E-state index contributed by atoms with van der Waals surface area (Å²) in [6.07, 6.45) is 1.77. The molecule has 0 aliphatic carbocycles. The van der Waals surface area contributed by atoms with Crippen LogP contribution in [-0.4, -0.2) is 18.1 Å². The zero-order valence-corrected chi connectivity index (χ0v) is 11.5. The van der Waals surface area contributed by atoms with Crippen LogP contribution < -0.4 is 14.8 Å². The molecule has 0 fully saturated rings. The van der Waals surface area contributed by atoms with E-state index in [1.807, 2.05) is 30.3 Å². The molecule has 0 saturated heterocycles. The van der Waals surface area contributed by atoms with Crippen LogP contribution in [0.4, 0.5) is 0 Å². The number of rotatable bonds is 5. The molecule has 4 heteroatoms. The van der Waals surface area contributed by atoms with E-state index in [9.17, 15) is 0 Å². The van der Waals surface area contributed by atoms with Gasteiger partial charge in [0, 0.05) is 17.8 Å². The average Bonchev–Trinajstić information content (AvgIpc) is 2.89. The van der Waals surface area contributed by atoms with E-state index in [1.165, 1.54) is 5.56 Å². The Labute approximate surface area is 118 Å². The summed E-state index contributed by atoms with van der Waals surface area (Å²) in [6, 6.07) is 12.1. The molecule has 1 aromatic carbocycles. The van der Waals surface area contributed by atoms with Crippen LogP contribution in [-0.2, 0) is 6.61 Å². The zero-order valence-electron chi connectivity index (χ0n) is 11.5. The summed E-state index contributed by atoms with van der Waals surface area (Å²) < 4.78 is 11.4. The van der Waals surface area contributed by atoms with Gasteiger partial charge in [0.05, 0.1) is 11.7 Å². The van der Waals surface area contributed by atoms with Crippen molar-refractivity contribution in [1.29, 1.82) is 0 Å².